The fraction of sp³-hybridized carbons (Fsp3) is 0.550. The number of amides is 1. The first-order valence-corrected chi connectivity index (χ1v) is 9.08. The molecule has 0 bridgehead atoms. The van der Waals surface area contributed by atoms with Gasteiger partial charge in [-0.15, -0.1) is 0 Å². The molecule has 1 saturated carbocycles. The number of nitriles is 1. The van der Waals surface area contributed by atoms with Gasteiger partial charge in [-0.2, -0.15) is 5.26 Å². The van der Waals surface area contributed by atoms with Crippen LogP contribution >= 0.6 is 0 Å². The van der Waals surface area contributed by atoms with Crippen LogP contribution in [-0.4, -0.2) is 30.1 Å². The Morgan fingerprint density at radius 1 is 1.15 bits per heavy atom. The number of esters is 1. The van der Waals surface area contributed by atoms with Gasteiger partial charge in [0.1, 0.15) is 5.75 Å². The monoisotopic (exact) mass is 358 g/mol. The Balaban J connectivity index is 1.82. The summed E-state index contributed by atoms with van der Waals surface area (Å²) < 4.78 is 10.7. The molecule has 6 nitrogen and oxygen atoms in total. The fourth-order valence-electron chi connectivity index (χ4n) is 3.01. The maximum Gasteiger partial charge on any atom is 0.347 e. The summed E-state index contributed by atoms with van der Waals surface area (Å²) in [4.78, 5) is 24.4. The highest BCUT2D eigenvalue weighted by atomic mass is 16.6. The third-order valence-electron chi connectivity index (χ3n) is 4.73. The zero-order valence-corrected chi connectivity index (χ0v) is 15.5. The van der Waals surface area contributed by atoms with E-state index in [-0.39, 0.29) is 11.9 Å². The first-order chi connectivity index (χ1) is 12.4. The minimum absolute atomic E-state index is 0.143. The van der Waals surface area contributed by atoms with Crippen LogP contribution in [0.1, 0.15) is 52.0 Å². The van der Waals surface area contributed by atoms with Crippen LogP contribution in [0.5, 0.6) is 5.75 Å². The first-order valence-electron chi connectivity index (χ1n) is 9.08. The number of benzene rings is 1. The predicted molar refractivity (Wildman–Crippen MR) is 96.4 cm³/mol. The molecule has 2 rings (SSSR count). The Hall–Kier alpha value is -2.55. The van der Waals surface area contributed by atoms with E-state index in [2.05, 4.69) is 12.2 Å². The van der Waals surface area contributed by atoms with Crippen LogP contribution in [0.25, 0.3) is 0 Å². The number of ether oxygens (including phenoxy) is 2. The quantitative estimate of drug-likeness (QED) is 0.790. The molecule has 4 atom stereocenters. The van der Waals surface area contributed by atoms with E-state index in [4.69, 9.17) is 14.7 Å². The molecule has 26 heavy (non-hydrogen) atoms. The lowest BCUT2D eigenvalue weighted by Crippen LogP contribution is -2.46. The minimum Gasteiger partial charge on any atom is -0.479 e. The molecule has 6 heteroatoms. The van der Waals surface area contributed by atoms with E-state index in [0.717, 1.165) is 19.3 Å². The summed E-state index contributed by atoms with van der Waals surface area (Å²) in [7, 11) is 0. The number of nitrogens with zero attached hydrogens (tertiary/aromatic N) is 1. The lowest BCUT2D eigenvalue weighted by Gasteiger charge is -2.30. The highest BCUT2D eigenvalue weighted by Crippen LogP contribution is 2.23. The van der Waals surface area contributed by atoms with Crippen molar-refractivity contribution in [1.82, 2.24) is 5.32 Å². The lowest BCUT2D eigenvalue weighted by molar-refractivity contribution is -0.161. The van der Waals surface area contributed by atoms with Crippen LogP contribution in [-0.2, 0) is 14.3 Å². The van der Waals surface area contributed by atoms with Crippen molar-refractivity contribution in [2.45, 2.75) is 64.7 Å². The summed E-state index contributed by atoms with van der Waals surface area (Å²) in [6.45, 7) is 5.26. The van der Waals surface area contributed by atoms with Gasteiger partial charge in [0, 0.05) is 6.04 Å². The van der Waals surface area contributed by atoms with Crippen LogP contribution in [0, 0.1) is 17.2 Å². The second kappa shape index (κ2) is 9.23. The van der Waals surface area contributed by atoms with Crippen LogP contribution < -0.4 is 10.1 Å². The molecule has 1 aliphatic carbocycles. The van der Waals surface area contributed by atoms with Crippen LogP contribution in [0.4, 0.5) is 0 Å². The summed E-state index contributed by atoms with van der Waals surface area (Å²) in [5.74, 6) is 0.0206. The van der Waals surface area contributed by atoms with Gasteiger partial charge in [-0.3, -0.25) is 4.79 Å². The van der Waals surface area contributed by atoms with Crippen LogP contribution in [0.15, 0.2) is 24.3 Å². The van der Waals surface area contributed by atoms with Gasteiger partial charge >= 0.3 is 5.97 Å². The molecule has 0 aliphatic heterocycles. The summed E-state index contributed by atoms with van der Waals surface area (Å²) in [5.41, 5.74) is 0.509. The van der Waals surface area contributed by atoms with E-state index in [0.29, 0.717) is 17.2 Å². The smallest absolute Gasteiger partial charge is 0.347 e. The number of carbonyl (C=O) groups excluding carboxylic acids is 2. The standard InChI is InChI=1S/C20H26N2O4/c1-13-6-4-5-7-18(13)22-19(23)14(2)26-20(24)15(3)25-17-10-8-16(12-21)9-11-17/h8-11,13-15,18H,4-7H2,1-3H3,(H,22,23)/t13-,14-,15-,18+/m1/s1. The van der Waals surface area contributed by atoms with Crippen molar-refractivity contribution in [3.8, 4) is 11.8 Å². The van der Waals surface area contributed by atoms with Crippen molar-refractivity contribution in [3.63, 3.8) is 0 Å². The normalized spacial score (nSPS) is 21.8. The molecule has 0 saturated heterocycles. The zero-order valence-electron chi connectivity index (χ0n) is 15.5. The van der Waals surface area contributed by atoms with Gasteiger partial charge < -0.3 is 14.8 Å². The van der Waals surface area contributed by atoms with E-state index >= 15 is 0 Å². The van der Waals surface area contributed by atoms with Gasteiger partial charge in [0.05, 0.1) is 11.6 Å². The van der Waals surface area contributed by atoms with Gasteiger partial charge in [0.25, 0.3) is 5.91 Å². The van der Waals surface area contributed by atoms with Crippen molar-refractivity contribution >= 4 is 11.9 Å². The maximum atomic E-state index is 12.3. The Labute approximate surface area is 154 Å². The molecule has 0 unspecified atom stereocenters. The molecule has 0 aromatic heterocycles. The second-order valence-electron chi connectivity index (χ2n) is 6.85. The third kappa shape index (κ3) is 5.48. The van der Waals surface area contributed by atoms with Gasteiger partial charge in [-0.25, -0.2) is 4.79 Å². The molecule has 1 N–H and O–H groups in total. The molecule has 0 spiro atoms. The van der Waals surface area contributed by atoms with Crippen molar-refractivity contribution in [1.29, 1.82) is 5.26 Å². The van der Waals surface area contributed by atoms with Gasteiger partial charge in [0.15, 0.2) is 12.2 Å². The fourth-order valence-corrected chi connectivity index (χ4v) is 3.01. The third-order valence-corrected chi connectivity index (χ3v) is 4.73. The number of hydrogen-bond acceptors (Lipinski definition) is 5. The first kappa shape index (κ1) is 19.8. The molecule has 1 amide bonds. The second-order valence-corrected chi connectivity index (χ2v) is 6.85. The van der Waals surface area contributed by atoms with E-state index in [9.17, 15) is 9.59 Å². The average Bonchev–Trinajstić information content (AvgIpc) is 2.64. The van der Waals surface area contributed by atoms with Crippen LogP contribution in [0.3, 0.4) is 0 Å². The Kier molecular flexibility index (Phi) is 7.02. The van der Waals surface area contributed by atoms with E-state index in [1.807, 2.05) is 6.07 Å². The van der Waals surface area contributed by atoms with Crippen molar-refractivity contribution in [3.05, 3.63) is 29.8 Å². The summed E-state index contributed by atoms with van der Waals surface area (Å²) in [6.07, 6.45) is 2.65. The van der Waals surface area contributed by atoms with Gasteiger partial charge in [-0.1, -0.05) is 19.8 Å². The summed E-state index contributed by atoms with van der Waals surface area (Å²) in [6, 6.07) is 8.60. The lowest BCUT2D eigenvalue weighted by atomic mass is 9.86. The Bertz CT molecular complexity index is 665. The summed E-state index contributed by atoms with van der Waals surface area (Å²) >= 11 is 0. The largest absolute Gasteiger partial charge is 0.479 e. The molecule has 0 radical (unpaired) electrons. The molecule has 0 heterocycles. The number of nitrogens with one attached hydrogen (secondary N) is 1. The predicted octanol–water partition coefficient (Wildman–Crippen LogP) is 2.95. The molecule has 1 aromatic carbocycles. The van der Waals surface area contributed by atoms with Crippen molar-refractivity contribution in [2.24, 2.45) is 5.92 Å². The highest BCUT2D eigenvalue weighted by molar-refractivity contribution is 5.84. The van der Waals surface area contributed by atoms with Crippen molar-refractivity contribution in [2.75, 3.05) is 0 Å². The van der Waals surface area contributed by atoms with Crippen molar-refractivity contribution < 1.29 is 19.1 Å². The molecule has 1 fully saturated rings. The molecule has 1 aromatic rings. The summed E-state index contributed by atoms with van der Waals surface area (Å²) in [5, 5.41) is 11.8. The highest BCUT2D eigenvalue weighted by Gasteiger charge is 2.27. The zero-order chi connectivity index (χ0) is 19.1. The molecule has 1 aliphatic rings. The van der Waals surface area contributed by atoms with E-state index < -0.39 is 18.2 Å². The minimum atomic E-state index is -0.872. The Morgan fingerprint density at radius 3 is 2.42 bits per heavy atom. The molecule has 140 valence electrons. The number of hydrogen-bond donors (Lipinski definition) is 1. The number of rotatable bonds is 6. The van der Waals surface area contributed by atoms with E-state index in [1.165, 1.54) is 6.42 Å². The average molecular weight is 358 g/mol. The van der Waals surface area contributed by atoms with Gasteiger partial charge in [-0.05, 0) is 56.9 Å². The van der Waals surface area contributed by atoms with Gasteiger partial charge in [0.2, 0.25) is 0 Å². The SMILES string of the molecule is C[C@@H]1CCCC[C@@H]1NC(=O)[C@@H](C)OC(=O)[C@@H](C)Oc1ccc(C#N)cc1. The molecular weight excluding hydrogens is 332 g/mol. The maximum absolute atomic E-state index is 12.3. The van der Waals surface area contributed by atoms with Crippen LogP contribution in [0.2, 0.25) is 0 Å². The molecular formula is C20H26N2O4. The Morgan fingerprint density at radius 2 is 1.81 bits per heavy atom. The number of carbonyl (C=O) groups is 2. The topological polar surface area (TPSA) is 88.4 Å². The van der Waals surface area contributed by atoms with E-state index in [1.54, 1.807) is 38.1 Å².